The van der Waals surface area contributed by atoms with Crippen LogP contribution in [-0.2, 0) is 25.2 Å². The van der Waals surface area contributed by atoms with Gasteiger partial charge in [0.15, 0.2) is 17.4 Å². The lowest BCUT2D eigenvalue weighted by molar-refractivity contribution is -0.138. The number of alkyl halides is 3. The molecular weight excluding hydrogens is 497 g/mol. The van der Waals surface area contributed by atoms with E-state index in [1.165, 1.54) is 18.2 Å². The average Bonchev–Trinajstić information content (AvgIpc) is 2.70. The smallest absolute Gasteiger partial charge is 0.416 e. The number of carbonyl (C=O) groups is 2. The van der Waals surface area contributed by atoms with E-state index in [0.29, 0.717) is 0 Å². The zero-order valence-electron chi connectivity index (χ0n) is 15.8. The lowest BCUT2D eigenvalue weighted by Gasteiger charge is -2.14. The zero-order chi connectivity index (χ0) is 23.3. The molecule has 0 spiro atoms. The minimum atomic E-state index is -4.94. The number of nitrogens with one attached hydrogen (secondary N) is 1. The molecule has 0 saturated carbocycles. The summed E-state index contributed by atoms with van der Waals surface area (Å²) >= 11 is 3.09. The van der Waals surface area contributed by atoms with Crippen molar-refractivity contribution in [2.24, 2.45) is 0 Å². The molecule has 2 aromatic carbocycles. The molecule has 0 heterocycles. The molecule has 0 bridgehead atoms. The fraction of sp³-hybridized carbons (Fsp3) is 0.158. The minimum absolute atomic E-state index is 0.100. The normalized spacial score (nSPS) is 11.7. The first kappa shape index (κ1) is 24.1. The van der Waals surface area contributed by atoms with Gasteiger partial charge in [-0.15, -0.1) is 0 Å². The Morgan fingerprint density at radius 2 is 1.65 bits per heavy atom. The van der Waals surface area contributed by atoms with Gasteiger partial charge in [0.2, 0.25) is 0 Å². The standard InChI is InChI=1S/C19H13BrF5NO5/c1-29-16(27)8-14(18(28)30-2)26-10-3-4-11(20)15(7-10)31-17-12(21)5-9(6-13(17)22)19(23,24)25/h3-8,26H,1-2H3/b14-8+. The maximum atomic E-state index is 14.1. The van der Waals surface area contributed by atoms with Crippen molar-refractivity contribution >= 4 is 33.6 Å². The fourth-order valence-electron chi connectivity index (χ4n) is 2.18. The fourth-order valence-corrected chi connectivity index (χ4v) is 2.51. The Morgan fingerprint density at radius 3 is 2.16 bits per heavy atom. The molecule has 6 nitrogen and oxygen atoms in total. The van der Waals surface area contributed by atoms with Gasteiger partial charge in [-0.1, -0.05) is 0 Å². The summed E-state index contributed by atoms with van der Waals surface area (Å²) < 4.78 is 80.5. The molecular formula is C19H13BrF5NO5. The van der Waals surface area contributed by atoms with E-state index in [1.54, 1.807) is 0 Å². The molecule has 31 heavy (non-hydrogen) atoms. The molecule has 0 amide bonds. The van der Waals surface area contributed by atoms with Crippen molar-refractivity contribution in [2.75, 3.05) is 19.5 Å². The van der Waals surface area contributed by atoms with Gasteiger partial charge in [0.05, 0.1) is 30.3 Å². The molecule has 0 unspecified atom stereocenters. The molecule has 2 rings (SSSR count). The first-order valence-electron chi connectivity index (χ1n) is 8.15. The highest BCUT2D eigenvalue weighted by atomic mass is 79.9. The largest absolute Gasteiger partial charge is 0.466 e. The number of benzene rings is 2. The van der Waals surface area contributed by atoms with E-state index < -0.39 is 41.1 Å². The summed E-state index contributed by atoms with van der Waals surface area (Å²) in [7, 11) is 2.16. The minimum Gasteiger partial charge on any atom is -0.466 e. The van der Waals surface area contributed by atoms with Gasteiger partial charge in [0, 0.05) is 11.8 Å². The second-order valence-electron chi connectivity index (χ2n) is 5.71. The van der Waals surface area contributed by atoms with E-state index in [2.05, 4.69) is 30.7 Å². The average molecular weight is 510 g/mol. The van der Waals surface area contributed by atoms with Crippen LogP contribution in [0.25, 0.3) is 0 Å². The number of hydrogen-bond acceptors (Lipinski definition) is 6. The first-order chi connectivity index (χ1) is 14.5. The van der Waals surface area contributed by atoms with Gasteiger partial charge in [-0.2, -0.15) is 13.2 Å². The number of anilines is 1. The van der Waals surface area contributed by atoms with Crippen LogP contribution in [0.5, 0.6) is 11.5 Å². The van der Waals surface area contributed by atoms with Crippen LogP contribution in [0.1, 0.15) is 5.56 Å². The molecule has 2 aromatic rings. The van der Waals surface area contributed by atoms with E-state index >= 15 is 0 Å². The molecule has 0 fully saturated rings. The number of esters is 2. The third-order valence-electron chi connectivity index (χ3n) is 3.62. The van der Waals surface area contributed by atoms with Crippen LogP contribution in [0.15, 0.2) is 46.6 Å². The van der Waals surface area contributed by atoms with Crippen molar-refractivity contribution in [1.29, 1.82) is 0 Å². The van der Waals surface area contributed by atoms with Crippen LogP contribution in [0.4, 0.5) is 27.6 Å². The maximum Gasteiger partial charge on any atom is 0.416 e. The summed E-state index contributed by atoms with van der Waals surface area (Å²) in [5.41, 5.74) is -1.72. The van der Waals surface area contributed by atoms with Crippen molar-refractivity contribution in [1.82, 2.24) is 0 Å². The molecule has 0 aliphatic heterocycles. The van der Waals surface area contributed by atoms with Crippen LogP contribution < -0.4 is 10.1 Å². The van der Waals surface area contributed by atoms with Crippen LogP contribution in [0.3, 0.4) is 0 Å². The van der Waals surface area contributed by atoms with E-state index in [-0.39, 0.29) is 33.7 Å². The summed E-state index contributed by atoms with van der Waals surface area (Å²) in [5.74, 6) is -6.20. The van der Waals surface area contributed by atoms with E-state index in [0.717, 1.165) is 20.3 Å². The summed E-state index contributed by atoms with van der Waals surface area (Å²) in [6.07, 6.45) is -4.13. The van der Waals surface area contributed by atoms with Gasteiger partial charge in [0.1, 0.15) is 11.4 Å². The van der Waals surface area contributed by atoms with E-state index in [4.69, 9.17) is 4.74 Å². The lowest BCUT2D eigenvalue weighted by atomic mass is 10.2. The molecule has 0 radical (unpaired) electrons. The van der Waals surface area contributed by atoms with E-state index in [1.807, 2.05) is 0 Å². The number of halogens is 6. The number of ether oxygens (including phenoxy) is 3. The number of carbonyl (C=O) groups excluding carboxylic acids is 2. The Bertz CT molecular complexity index is 1020. The molecule has 0 aromatic heterocycles. The summed E-state index contributed by atoms with van der Waals surface area (Å²) in [6, 6.07) is 4.15. The van der Waals surface area contributed by atoms with Gasteiger partial charge in [-0.25, -0.2) is 18.4 Å². The highest BCUT2D eigenvalue weighted by Crippen LogP contribution is 2.38. The number of rotatable bonds is 6. The predicted octanol–water partition coefficient (Wildman–Crippen LogP) is 5.18. The highest BCUT2D eigenvalue weighted by molar-refractivity contribution is 9.10. The van der Waals surface area contributed by atoms with Gasteiger partial charge < -0.3 is 19.5 Å². The van der Waals surface area contributed by atoms with Crippen LogP contribution in [0, 0.1) is 11.6 Å². The Labute approximate surface area is 180 Å². The third-order valence-corrected chi connectivity index (χ3v) is 4.27. The summed E-state index contributed by atoms with van der Waals surface area (Å²) in [6.45, 7) is 0. The number of methoxy groups -OCH3 is 2. The molecule has 0 saturated heterocycles. The quantitative estimate of drug-likeness (QED) is 0.328. The lowest BCUT2D eigenvalue weighted by Crippen LogP contribution is -2.15. The number of hydrogen-bond donors (Lipinski definition) is 1. The van der Waals surface area contributed by atoms with Crippen LogP contribution >= 0.6 is 15.9 Å². The highest BCUT2D eigenvalue weighted by Gasteiger charge is 2.33. The van der Waals surface area contributed by atoms with Gasteiger partial charge >= 0.3 is 18.1 Å². The maximum absolute atomic E-state index is 14.1. The van der Waals surface area contributed by atoms with Crippen LogP contribution in [0.2, 0.25) is 0 Å². The second kappa shape index (κ2) is 9.77. The molecule has 166 valence electrons. The Balaban J connectivity index is 2.39. The Hall–Kier alpha value is -3.15. The molecule has 1 N–H and O–H groups in total. The monoisotopic (exact) mass is 509 g/mol. The zero-order valence-corrected chi connectivity index (χ0v) is 17.4. The van der Waals surface area contributed by atoms with Crippen LogP contribution in [-0.4, -0.2) is 26.2 Å². The van der Waals surface area contributed by atoms with Crippen molar-refractivity contribution < 1.29 is 45.8 Å². The second-order valence-corrected chi connectivity index (χ2v) is 6.57. The molecule has 0 atom stereocenters. The Kier molecular flexibility index (Phi) is 7.60. The summed E-state index contributed by atoms with van der Waals surface area (Å²) in [5, 5.41) is 2.56. The first-order valence-corrected chi connectivity index (χ1v) is 8.94. The topological polar surface area (TPSA) is 73.9 Å². The predicted molar refractivity (Wildman–Crippen MR) is 101 cm³/mol. The van der Waals surface area contributed by atoms with Gasteiger partial charge in [-0.3, -0.25) is 0 Å². The van der Waals surface area contributed by atoms with Crippen molar-refractivity contribution in [3.05, 3.63) is 63.8 Å². The van der Waals surface area contributed by atoms with Gasteiger partial charge in [0.25, 0.3) is 0 Å². The molecule has 0 aliphatic rings. The molecule has 12 heteroatoms. The van der Waals surface area contributed by atoms with Crippen molar-refractivity contribution in [3.63, 3.8) is 0 Å². The summed E-state index contributed by atoms with van der Waals surface area (Å²) in [4.78, 5) is 23.2. The SMILES string of the molecule is COC(=O)/C=C(/Nc1ccc(Br)c(Oc2c(F)cc(C(F)(F)F)cc2F)c1)C(=O)OC. The van der Waals surface area contributed by atoms with E-state index in [9.17, 15) is 31.5 Å². The van der Waals surface area contributed by atoms with Crippen molar-refractivity contribution in [3.8, 4) is 11.5 Å². The Morgan fingerprint density at radius 1 is 1.03 bits per heavy atom. The van der Waals surface area contributed by atoms with Crippen molar-refractivity contribution in [2.45, 2.75) is 6.18 Å². The molecule has 0 aliphatic carbocycles. The van der Waals surface area contributed by atoms with Gasteiger partial charge in [-0.05, 0) is 40.2 Å². The third kappa shape index (κ3) is 6.17.